The van der Waals surface area contributed by atoms with Gasteiger partial charge in [0.1, 0.15) is 0 Å². The summed E-state index contributed by atoms with van der Waals surface area (Å²) in [6, 6.07) is 15.7. The summed E-state index contributed by atoms with van der Waals surface area (Å²) in [6.07, 6.45) is 2.16. The predicted octanol–water partition coefficient (Wildman–Crippen LogP) is 3.74. The van der Waals surface area contributed by atoms with E-state index in [4.69, 9.17) is 11.6 Å². The molecule has 0 fully saturated rings. The highest BCUT2D eigenvalue weighted by molar-refractivity contribution is 6.35. The number of aromatic nitrogens is 2. The number of fused-ring (bicyclic) bond motifs is 1. The molecule has 0 bridgehead atoms. The number of benzene rings is 2. The van der Waals surface area contributed by atoms with Gasteiger partial charge in [0.2, 0.25) is 5.91 Å². The standard InChI is InChI=1S/C18H18ClN3O/c1-21(13-14-6-3-2-4-7-14)18(23)10-11-22-17-9-5-8-16(19)15(17)12-20-22/h2-9,12H,10-11,13H2,1H3. The highest BCUT2D eigenvalue weighted by Crippen LogP contribution is 2.22. The fourth-order valence-electron chi connectivity index (χ4n) is 2.58. The molecular formula is C18H18ClN3O. The highest BCUT2D eigenvalue weighted by atomic mass is 35.5. The molecule has 0 saturated heterocycles. The largest absolute Gasteiger partial charge is 0.341 e. The second-order valence-electron chi connectivity index (χ2n) is 5.53. The molecule has 1 heterocycles. The van der Waals surface area contributed by atoms with E-state index in [0.717, 1.165) is 16.5 Å². The van der Waals surface area contributed by atoms with Crippen molar-refractivity contribution in [3.63, 3.8) is 0 Å². The monoisotopic (exact) mass is 327 g/mol. The molecule has 0 aliphatic heterocycles. The molecule has 0 saturated carbocycles. The van der Waals surface area contributed by atoms with Crippen LogP contribution in [0.5, 0.6) is 0 Å². The molecular weight excluding hydrogens is 310 g/mol. The van der Waals surface area contributed by atoms with Crippen molar-refractivity contribution in [2.24, 2.45) is 0 Å². The van der Waals surface area contributed by atoms with Crippen LogP contribution >= 0.6 is 11.6 Å². The SMILES string of the molecule is CN(Cc1ccccc1)C(=O)CCn1ncc2c(Cl)cccc21. The summed E-state index contributed by atoms with van der Waals surface area (Å²) >= 11 is 6.15. The van der Waals surface area contributed by atoms with Crippen molar-refractivity contribution >= 4 is 28.4 Å². The minimum Gasteiger partial charge on any atom is -0.341 e. The van der Waals surface area contributed by atoms with Crippen molar-refractivity contribution in [3.8, 4) is 0 Å². The smallest absolute Gasteiger partial charge is 0.224 e. The number of carbonyl (C=O) groups excluding carboxylic acids is 1. The lowest BCUT2D eigenvalue weighted by molar-refractivity contribution is -0.130. The molecule has 1 aromatic heterocycles. The third-order valence-corrected chi connectivity index (χ3v) is 4.19. The molecule has 0 atom stereocenters. The van der Waals surface area contributed by atoms with Crippen molar-refractivity contribution in [2.45, 2.75) is 19.5 Å². The molecule has 0 aliphatic carbocycles. The lowest BCUT2D eigenvalue weighted by atomic mass is 10.2. The summed E-state index contributed by atoms with van der Waals surface area (Å²) in [5.74, 6) is 0.0968. The minimum absolute atomic E-state index is 0.0968. The summed E-state index contributed by atoms with van der Waals surface area (Å²) in [5, 5.41) is 5.93. The van der Waals surface area contributed by atoms with Crippen LogP contribution in [0.1, 0.15) is 12.0 Å². The van der Waals surface area contributed by atoms with Gasteiger partial charge >= 0.3 is 0 Å². The van der Waals surface area contributed by atoms with E-state index in [-0.39, 0.29) is 5.91 Å². The van der Waals surface area contributed by atoms with E-state index in [0.29, 0.717) is 24.5 Å². The van der Waals surface area contributed by atoms with Crippen LogP contribution < -0.4 is 0 Å². The summed E-state index contributed by atoms with van der Waals surface area (Å²) in [5.41, 5.74) is 2.08. The van der Waals surface area contributed by atoms with E-state index in [1.54, 1.807) is 11.1 Å². The van der Waals surface area contributed by atoms with E-state index < -0.39 is 0 Å². The average Bonchev–Trinajstić information content (AvgIpc) is 2.98. The van der Waals surface area contributed by atoms with Crippen molar-refractivity contribution in [3.05, 3.63) is 65.3 Å². The van der Waals surface area contributed by atoms with Gasteiger partial charge in [-0.2, -0.15) is 5.10 Å². The van der Waals surface area contributed by atoms with Gasteiger partial charge < -0.3 is 4.90 Å². The average molecular weight is 328 g/mol. The van der Waals surface area contributed by atoms with E-state index in [1.165, 1.54) is 0 Å². The van der Waals surface area contributed by atoms with Crippen LogP contribution in [0.15, 0.2) is 54.7 Å². The first-order valence-corrected chi connectivity index (χ1v) is 7.91. The number of rotatable bonds is 5. The summed E-state index contributed by atoms with van der Waals surface area (Å²) < 4.78 is 1.83. The van der Waals surface area contributed by atoms with Crippen LogP contribution in [0.4, 0.5) is 0 Å². The zero-order valence-corrected chi connectivity index (χ0v) is 13.7. The molecule has 5 heteroatoms. The second-order valence-corrected chi connectivity index (χ2v) is 5.93. The molecule has 0 radical (unpaired) electrons. The third kappa shape index (κ3) is 3.54. The molecule has 0 unspecified atom stereocenters. The predicted molar refractivity (Wildman–Crippen MR) is 92.3 cm³/mol. The van der Waals surface area contributed by atoms with Gasteiger partial charge in [0.05, 0.1) is 23.3 Å². The molecule has 3 rings (SSSR count). The molecule has 3 aromatic rings. The Kier molecular flexibility index (Phi) is 4.63. The Morgan fingerprint density at radius 3 is 2.74 bits per heavy atom. The van der Waals surface area contributed by atoms with Gasteiger partial charge in [-0.25, -0.2) is 0 Å². The molecule has 118 valence electrons. The first-order valence-electron chi connectivity index (χ1n) is 7.53. The summed E-state index contributed by atoms with van der Waals surface area (Å²) in [6.45, 7) is 1.16. The Hall–Kier alpha value is -2.33. The van der Waals surface area contributed by atoms with Crippen molar-refractivity contribution in [2.75, 3.05) is 7.05 Å². The van der Waals surface area contributed by atoms with E-state index in [2.05, 4.69) is 5.10 Å². The molecule has 0 N–H and O–H groups in total. The Balaban J connectivity index is 1.63. The first-order chi connectivity index (χ1) is 11.1. The minimum atomic E-state index is 0.0968. The number of nitrogens with zero attached hydrogens (tertiary/aromatic N) is 3. The van der Waals surface area contributed by atoms with E-state index in [9.17, 15) is 4.79 Å². The normalized spacial score (nSPS) is 10.9. The van der Waals surface area contributed by atoms with Crippen molar-refractivity contribution in [1.29, 1.82) is 0 Å². The Morgan fingerprint density at radius 2 is 1.96 bits per heavy atom. The van der Waals surface area contributed by atoms with Gasteiger partial charge in [0.15, 0.2) is 0 Å². The number of hydrogen-bond acceptors (Lipinski definition) is 2. The first kappa shape index (κ1) is 15.6. The zero-order chi connectivity index (χ0) is 16.2. The Bertz CT molecular complexity index is 814. The van der Waals surface area contributed by atoms with Gasteiger partial charge in [0, 0.05) is 25.4 Å². The number of amides is 1. The van der Waals surface area contributed by atoms with Crippen LogP contribution in [0.25, 0.3) is 10.9 Å². The lowest BCUT2D eigenvalue weighted by Crippen LogP contribution is -2.27. The van der Waals surface area contributed by atoms with Crippen LogP contribution in [0.3, 0.4) is 0 Å². The topological polar surface area (TPSA) is 38.1 Å². The van der Waals surface area contributed by atoms with Crippen molar-refractivity contribution in [1.82, 2.24) is 14.7 Å². The maximum atomic E-state index is 12.3. The number of hydrogen-bond donors (Lipinski definition) is 0. The molecule has 23 heavy (non-hydrogen) atoms. The quantitative estimate of drug-likeness (QED) is 0.716. The van der Waals surface area contributed by atoms with Gasteiger partial charge in [-0.15, -0.1) is 0 Å². The molecule has 4 nitrogen and oxygen atoms in total. The van der Waals surface area contributed by atoms with Crippen LogP contribution in [-0.2, 0) is 17.9 Å². The number of halogens is 1. The van der Waals surface area contributed by atoms with E-state index in [1.807, 2.05) is 60.3 Å². The maximum Gasteiger partial charge on any atom is 0.224 e. The number of aryl methyl sites for hydroxylation is 1. The molecule has 0 spiro atoms. The van der Waals surface area contributed by atoms with Gasteiger partial charge in [0.25, 0.3) is 0 Å². The fraction of sp³-hybridized carbons (Fsp3) is 0.222. The van der Waals surface area contributed by atoms with Gasteiger partial charge in [-0.1, -0.05) is 48.0 Å². The van der Waals surface area contributed by atoms with Gasteiger partial charge in [-0.3, -0.25) is 9.48 Å². The van der Waals surface area contributed by atoms with Crippen LogP contribution in [0.2, 0.25) is 5.02 Å². The van der Waals surface area contributed by atoms with Gasteiger partial charge in [-0.05, 0) is 17.7 Å². The molecule has 1 amide bonds. The fourth-order valence-corrected chi connectivity index (χ4v) is 2.80. The van der Waals surface area contributed by atoms with Crippen LogP contribution in [-0.4, -0.2) is 27.6 Å². The zero-order valence-electron chi connectivity index (χ0n) is 12.9. The van der Waals surface area contributed by atoms with E-state index >= 15 is 0 Å². The van der Waals surface area contributed by atoms with Crippen LogP contribution in [0, 0.1) is 0 Å². The molecule has 0 aliphatic rings. The summed E-state index contributed by atoms with van der Waals surface area (Å²) in [4.78, 5) is 14.0. The second kappa shape index (κ2) is 6.84. The summed E-state index contributed by atoms with van der Waals surface area (Å²) in [7, 11) is 1.83. The maximum absolute atomic E-state index is 12.3. The Morgan fingerprint density at radius 1 is 1.17 bits per heavy atom. The Labute approximate surface area is 140 Å². The molecule has 2 aromatic carbocycles. The third-order valence-electron chi connectivity index (χ3n) is 3.86. The highest BCUT2D eigenvalue weighted by Gasteiger charge is 2.11. The number of carbonyl (C=O) groups is 1. The lowest BCUT2D eigenvalue weighted by Gasteiger charge is -2.17. The van der Waals surface area contributed by atoms with Crippen molar-refractivity contribution < 1.29 is 4.79 Å².